The molecular formula is C9H15N3O2. The van der Waals surface area contributed by atoms with Gasteiger partial charge in [0.25, 0.3) is 5.56 Å². The maximum Gasteiger partial charge on any atom is 0.277 e. The van der Waals surface area contributed by atoms with Crippen molar-refractivity contribution >= 4 is 5.95 Å². The quantitative estimate of drug-likeness (QED) is 0.636. The van der Waals surface area contributed by atoms with Gasteiger partial charge in [-0.1, -0.05) is 13.8 Å². The fraction of sp³-hybridized carbons (Fsp3) is 0.556. The predicted molar refractivity (Wildman–Crippen MR) is 54.1 cm³/mol. The molecule has 0 aromatic carbocycles. The molecule has 0 radical (unpaired) electrons. The lowest BCUT2D eigenvalue weighted by Gasteiger charge is -2.11. The molecule has 5 heteroatoms. The molecule has 0 aliphatic heterocycles. The van der Waals surface area contributed by atoms with E-state index in [4.69, 9.17) is 10.8 Å². The van der Waals surface area contributed by atoms with Crippen LogP contribution in [0, 0.1) is 0 Å². The Kier molecular flexibility index (Phi) is 3.24. The first-order chi connectivity index (χ1) is 6.56. The molecule has 78 valence electrons. The van der Waals surface area contributed by atoms with E-state index < -0.39 is 0 Å². The molecule has 5 nitrogen and oxygen atoms in total. The number of aliphatic hydroxyl groups is 1. The Hall–Kier alpha value is -1.36. The number of nitrogens with two attached hydrogens (primary N) is 1. The van der Waals surface area contributed by atoms with Gasteiger partial charge in [0.15, 0.2) is 0 Å². The number of hydrogen-bond donors (Lipinski definition) is 3. The molecule has 0 saturated carbocycles. The standard InChI is InChI=1S/C9H15N3O2/c1-5(2)7-6(3-4-13)8(14)12-9(10)11-7/h5,13H,3-4H2,1-2H3,(H3,10,11,12,14). The third-order valence-electron chi connectivity index (χ3n) is 2.01. The summed E-state index contributed by atoms with van der Waals surface area (Å²) < 4.78 is 0. The van der Waals surface area contributed by atoms with Gasteiger partial charge in [-0.25, -0.2) is 0 Å². The minimum Gasteiger partial charge on any atom is -0.396 e. The van der Waals surface area contributed by atoms with Crippen LogP contribution in [-0.2, 0) is 6.42 Å². The summed E-state index contributed by atoms with van der Waals surface area (Å²) in [4.78, 5) is 17.9. The summed E-state index contributed by atoms with van der Waals surface area (Å²) in [6.45, 7) is 3.84. The van der Waals surface area contributed by atoms with E-state index in [1.165, 1.54) is 0 Å². The van der Waals surface area contributed by atoms with E-state index in [9.17, 15) is 4.79 Å². The van der Waals surface area contributed by atoms with E-state index in [2.05, 4.69) is 9.97 Å². The topological polar surface area (TPSA) is 92.0 Å². The van der Waals surface area contributed by atoms with Crippen molar-refractivity contribution in [3.8, 4) is 0 Å². The SMILES string of the molecule is CC(C)c1[nH]c(N)nc(=O)c1CCO. The van der Waals surface area contributed by atoms with Crippen LogP contribution in [0.3, 0.4) is 0 Å². The van der Waals surface area contributed by atoms with E-state index in [1.54, 1.807) is 0 Å². The lowest BCUT2D eigenvalue weighted by Crippen LogP contribution is -2.21. The highest BCUT2D eigenvalue weighted by Crippen LogP contribution is 2.14. The normalized spacial score (nSPS) is 10.9. The molecule has 1 heterocycles. The average molecular weight is 197 g/mol. The van der Waals surface area contributed by atoms with Gasteiger partial charge in [-0.05, 0) is 5.92 Å². The smallest absolute Gasteiger partial charge is 0.277 e. The van der Waals surface area contributed by atoms with E-state index >= 15 is 0 Å². The maximum atomic E-state index is 11.4. The Morgan fingerprint density at radius 1 is 1.57 bits per heavy atom. The lowest BCUT2D eigenvalue weighted by atomic mass is 10.0. The van der Waals surface area contributed by atoms with Gasteiger partial charge in [-0.15, -0.1) is 0 Å². The molecule has 4 N–H and O–H groups in total. The van der Waals surface area contributed by atoms with Crippen molar-refractivity contribution in [1.29, 1.82) is 0 Å². The summed E-state index contributed by atoms with van der Waals surface area (Å²) in [6.07, 6.45) is 0.316. The molecule has 0 bridgehead atoms. The van der Waals surface area contributed by atoms with Crippen LogP contribution in [0.15, 0.2) is 4.79 Å². The first kappa shape index (κ1) is 10.7. The van der Waals surface area contributed by atoms with Crippen molar-refractivity contribution in [2.45, 2.75) is 26.2 Å². The zero-order chi connectivity index (χ0) is 10.7. The molecule has 0 saturated heterocycles. The summed E-state index contributed by atoms with van der Waals surface area (Å²) in [5.74, 6) is 0.287. The lowest BCUT2D eigenvalue weighted by molar-refractivity contribution is 0.298. The van der Waals surface area contributed by atoms with E-state index in [-0.39, 0.29) is 24.0 Å². The zero-order valence-corrected chi connectivity index (χ0v) is 8.37. The third kappa shape index (κ3) is 2.11. The molecular weight excluding hydrogens is 182 g/mol. The Morgan fingerprint density at radius 2 is 2.21 bits per heavy atom. The van der Waals surface area contributed by atoms with Crippen molar-refractivity contribution in [2.75, 3.05) is 12.3 Å². The van der Waals surface area contributed by atoms with Gasteiger partial charge in [0.1, 0.15) is 0 Å². The molecule has 0 spiro atoms. The molecule has 0 atom stereocenters. The number of nitrogen functional groups attached to an aromatic ring is 1. The first-order valence-corrected chi connectivity index (χ1v) is 4.55. The molecule has 1 rings (SSSR count). The van der Waals surface area contributed by atoms with Crippen LogP contribution >= 0.6 is 0 Å². The van der Waals surface area contributed by atoms with Crippen LogP contribution in [0.5, 0.6) is 0 Å². The van der Waals surface area contributed by atoms with Gasteiger partial charge in [-0.3, -0.25) is 4.79 Å². The number of hydrogen-bond acceptors (Lipinski definition) is 4. The van der Waals surface area contributed by atoms with E-state index in [0.29, 0.717) is 12.0 Å². The highest BCUT2D eigenvalue weighted by atomic mass is 16.3. The van der Waals surface area contributed by atoms with Gasteiger partial charge >= 0.3 is 0 Å². The average Bonchev–Trinajstić information content (AvgIpc) is 2.09. The number of H-pyrrole nitrogens is 1. The molecule has 1 aromatic heterocycles. The molecule has 0 fully saturated rings. The van der Waals surface area contributed by atoms with Gasteiger partial charge in [0, 0.05) is 24.3 Å². The molecule has 0 aliphatic carbocycles. The molecule has 1 aromatic rings. The highest BCUT2D eigenvalue weighted by Gasteiger charge is 2.12. The van der Waals surface area contributed by atoms with Crippen molar-refractivity contribution in [3.63, 3.8) is 0 Å². The van der Waals surface area contributed by atoms with Crippen molar-refractivity contribution in [3.05, 3.63) is 21.6 Å². The fourth-order valence-electron chi connectivity index (χ4n) is 1.38. The Balaban J connectivity index is 3.29. The Bertz CT molecular complexity index is 371. The van der Waals surface area contributed by atoms with Gasteiger partial charge in [0.05, 0.1) is 0 Å². The Morgan fingerprint density at radius 3 is 2.71 bits per heavy atom. The first-order valence-electron chi connectivity index (χ1n) is 4.55. The summed E-state index contributed by atoms with van der Waals surface area (Å²) in [7, 11) is 0. The van der Waals surface area contributed by atoms with Crippen LogP contribution in [-0.4, -0.2) is 21.7 Å². The molecule has 0 amide bonds. The summed E-state index contributed by atoms with van der Waals surface area (Å²) in [5.41, 5.74) is 6.37. The van der Waals surface area contributed by atoms with E-state index in [0.717, 1.165) is 5.69 Å². The second-order valence-electron chi connectivity index (χ2n) is 3.45. The largest absolute Gasteiger partial charge is 0.396 e. The van der Waals surface area contributed by atoms with Crippen molar-refractivity contribution in [1.82, 2.24) is 9.97 Å². The minimum absolute atomic E-state index is 0.0611. The number of aromatic nitrogens is 2. The van der Waals surface area contributed by atoms with Crippen LogP contribution in [0.2, 0.25) is 0 Å². The van der Waals surface area contributed by atoms with Crippen molar-refractivity contribution in [2.24, 2.45) is 0 Å². The number of nitrogens with zero attached hydrogens (tertiary/aromatic N) is 1. The number of aliphatic hydroxyl groups excluding tert-OH is 1. The van der Waals surface area contributed by atoms with E-state index in [1.807, 2.05) is 13.8 Å². The van der Waals surface area contributed by atoms with Crippen LogP contribution in [0.4, 0.5) is 5.95 Å². The zero-order valence-electron chi connectivity index (χ0n) is 8.37. The molecule has 0 unspecified atom stereocenters. The number of rotatable bonds is 3. The third-order valence-corrected chi connectivity index (χ3v) is 2.01. The Labute approximate surface area is 82.0 Å². The second kappa shape index (κ2) is 4.23. The number of nitrogens with one attached hydrogen (secondary N) is 1. The maximum absolute atomic E-state index is 11.4. The fourth-order valence-corrected chi connectivity index (χ4v) is 1.38. The van der Waals surface area contributed by atoms with Crippen LogP contribution < -0.4 is 11.3 Å². The number of aromatic amines is 1. The summed E-state index contributed by atoms with van der Waals surface area (Å²) >= 11 is 0. The van der Waals surface area contributed by atoms with Crippen LogP contribution in [0.25, 0.3) is 0 Å². The summed E-state index contributed by atoms with van der Waals surface area (Å²) in [5, 5.41) is 8.81. The summed E-state index contributed by atoms with van der Waals surface area (Å²) in [6, 6.07) is 0. The second-order valence-corrected chi connectivity index (χ2v) is 3.45. The highest BCUT2D eigenvalue weighted by molar-refractivity contribution is 5.27. The van der Waals surface area contributed by atoms with Gasteiger partial charge in [-0.2, -0.15) is 4.98 Å². The van der Waals surface area contributed by atoms with Gasteiger partial charge in [0.2, 0.25) is 5.95 Å². The number of anilines is 1. The van der Waals surface area contributed by atoms with Gasteiger partial charge < -0.3 is 15.8 Å². The van der Waals surface area contributed by atoms with Crippen LogP contribution in [0.1, 0.15) is 31.0 Å². The minimum atomic E-state index is -0.348. The molecule has 14 heavy (non-hydrogen) atoms. The predicted octanol–water partition coefficient (Wildman–Crippen LogP) is 0.0103. The monoisotopic (exact) mass is 197 g/mol. The molecule has 0 aliphatic rings. The van der Waals surface area contributed by atoms with Crippen molar-refractivity contribution < 1.29 is 5.11 Å².